The maximum absolute atomic E-state index is 12.4. The third-order valence-corrected chi connectivity index (χ3v) is 4.45. The maximum Gasteiger partial charge on any atom is 0.315 e. The second-order valence-electron chi connectivity index (χ2n) is 5.55. The van der Waals surface area contributed by atoms with Gasteiger partial charge in [0, 0.05) is 12.5 Å². The molecule has 4 N–H and O–H groups in total. The van der Waals surface area contributed by atoms with Crippen LogP contribution in [-0.4, -0.2) is 35.8 Å². The number of hydrogen-bond donors (Lipinski definition) is 2. The summed E-state index contributed by atoms with van der Waals surface area (Å²) in [5, 5.41) is 0. The molecule has 1 heterocycles. The summed E-state index contributed by atoms with van der Waals surface area (Å²) >= 11 is 0. The number of carbonyl (C=O) groups is 2. The van der Waals surface area contributed by atoms with E-state index in [2.05, 4.69) is 0 Å². The zero-order valence-corrected chi connectivity index (χ0v) is 10.8. The second kappa shape index (κ2) is 5.69. The van der Waals surface area contributed by atoms with Gasteiger partial charge >= 0.3 is 6.03 Å². The molecule has 2 rings (SSSR count). The molecule has 0 bridgehead atoms. The van der Waals surface area contributed by atoms with E-state index in [0.717, 1.165) is 45.1 Å². The number of likely N-dealkylation sites (tertiary alicyclic amines) is 1. The second-order valence-corrected chi connectivity index (χ2v) is 5.55. The van der Waals surface area contributed by atoms with E-state index >= 15 is 0 Å². The lowest BCUT2D eigenvalue weighted by Gasteiger charge is -2.30. The number of urea groups is 1. The molecule has 102 valence electrons. The monoisotopic (exact) mass is 253 g/mol. The van der Waals surface area contributed by atoms with Gasteiger partial charge in [-0.2, -0.15) is 0 Å². The zero-order chi connectivity index (χ0) is 13.1. The van der Waals surface area contributed by atoms with Gasteiger partial charge in [0.25, 0.3) is 0 Å². The molecule has 1 saturated heterocycles. The first-order chi connectivity index (χ1) is 8.63. The van der Waals surface area contributed by atoms with Gasteiger partial charge in [0.1, 0.15) is 0 Å². The van der Waals surface area contributed by atoms with Crippen molar-refractivity contribution in [3.63, 3.8) is 0 Å². The van der Waals surface area contributed by atoms with Crippen molar-refractivity contribution in [3.05, 3.63) is 0 Å². The minimum atomic E-state index is -0.457. The molecule has 1 atom stereocenters. The fraction of sp³-hybridized carbons (Fsp3) is 0.846. The number of carbonyl (C=O) groups excluding carboxylic acids is 2. The summed E-state index contributed by atoms with van der Waals surface area (Å²) < 4.78 is 0. The number of hydrogen-bond acceptors (Lipinski definition) is 3. The van der Waals surface area contributed by atoms with Crippen LogP contribution in [0.3, 0.4) is 0 Å². The summed E-state index contributed by atoms with van der Waals surface area (Å²) in [7, 11) is 0. The first-order valence-electron chi connectivity index (χ1n) is 6.93. The molecular weight excluding hydrogens is 230 g/mol. The van der Waals surface area contributed by atoms with Gasteiger partial charge in [0.05, 0.1) is 6.04 Å². The number of amides is 2. The molecule has 5 heteroatoms. The highest BCUT2D eigenvalue weighted by Gasteiger charge is 2.37. The highest BCUT2D eigenvalue weighted by Crippen LogP contribution is 2.32. The minimum absolute atomic E-state index is 0.109. The van der Waals surface area contributed by atoms with E-state index < -0.39 is 6.03 Å². The third-order valence-electron chi connectivity index (χ3n) is 4.45. The van der Waals surface area contributed by atoms with E-state index in [1.165, 1.54) is 4.90 Å². The van der Waals surface area contributed by atoms with E-state index in [-0.39, 0.29) is 17.7 Å². The first kappa shape index (κ1) is 13.3. The molecule has 2 aliphatic rings. The Labute approximate surface area is 108 Å². The summed E-state index contributed by atoms with van der Waals surface area (Å²) in [5.41, 5.74) is 11.0. The van der Waals surface area contributed by atoms with Crippen LogP contribution in [-0.2, 0) is 4.79 Å². The molecule has 1 aliphatic heterocycles. The topological polar surface area (TPSA) is 89.4 Å². The number of rotatable bonds is 3. The van der Waals surface area contributed by atoms with Crippen molar-refractivity contribution in [3.8, 4) is 0 Å². The predicted octanol–water partition coefficient (Wildman–Crippen LogP) is 0.864. The number of nitrogens with two attached hydrogens (primary N) is 2. The van der Waals surface area contributed by atoms with Gasteiger partial charge in [-0.3, -0.25) is 4.79 Å². The van der Waals surface area contributed by atoms with Crippen LogP contribution in [0.25, 0.3) is 0 Å². The molecule has 0 aromatic rings. The predicted molar refractivity (Wildman–Crippen MR) is 68.8 cm³/mol. The molecule has 2 amide bonds. The van der Waals surface area contributed by atoms with Crippen LogP contribution in [0.1, 0.15) is 38.5 Å². The third kappa shape index (κ3) is 2.66. The average Bonchev–Trinajstić information content (AvgIpc) is 2.87. The van der Waals surface area contributed by atoms with E-state index in [4.69, 9.17) is 11.5 Å². The number of nitrogens with zero attached hydrogens (tertiary/aromatic N) is 1. The van der Waals surface area contributed by atoms with Gasteiger partial charge in [-0.15, -0.1) is 0 Å². The SMILES string of the molecule is NCC1CCC(C(=O)C2CCCN2C(N)=O)CC1. The van der Waals surface area contributed by atoms with Crippen LogP contribution in [0.2, 0.25) is 0 Å². The normalized spacial score (nSPS) is 32.5. The Morgan fingerprint density at radius 3 is 2.33 bits per heavy atom. The Kier molecular flexibility index (Phi) is 4.22. The van der Waals surface area contributed by atoms with E-state index in [1.54, 1.807) is 0 Å². The maximum atomic E-state index is 12.4. The van der Waals surface area contributed by atoms with E-state index in [0.29, 0.717) is 12.5 Å². The molecule has 0 aromatic carbocycles. The standard InChI is InChI=1S/C13H23N3O2/c14-8-9-3-5-10(6-4-9)12(17)11-2-1-7-16(11)13(15)18/h9-11H,1-8,14H2,(H2,15,18). The fourth-order valence-corrected chi connectivity index (χ4v) is 3.28. The Hall–Kier alpha value is -1.10. The average molecular weight is 253 g/mol. The van der Waals surface area contributed by atoms with Crippen molar-refractivity contribution in [2.45, 2.75) is 44.6 Å². The van der Waals surface area contributed by atoms with Crippen molar-refractivity contribution in [1.29, 1.82) is 0 Å². The molecule has 2 fully saturated rings. The Balaban J connectivity index is 1.93. The summed E-state index contributed by atoms with van der Waals surface area (Å²) in [6.45, 7) is 1.35. The molecular formula is C13H23N3O2. The molecule has 1 unspecified atom stereocenters. The van der Waals surface area contributed by atoms with Gasteiger partial charge in [0.15, 0.2) is 5.78 Å². The van der Waals surface area contributed by atoms with Crippen molar-refractivity contribution in [2.75, 3.05) is 13.1 Å². The van der Waals surface area contributed by atoms with Gasteiger partial charge in [-0.25, -0.2) is 4.79 Å². The Morgan fingerprint density at radius 1 is 1.11 bits per heavy atom. The van der Waals surface area contributed by atoms with Gasteiger partial charge in [-0.05, 0) is 51.0 Å². The summed E-state index contributed by atoms with van der Waals surface area (Å²) in [6, 6.07) is -0.719. The molecule has 1 aliphatic carbocycles. The summed E-state index contributed by atoms with van der Waals surface area (Å²) in [5.74, 6) is 0.907. The van der Waals surface area contributed by atoms with Crippen LogP contribution in [0.15, 0.2) is 0 Å². The molecule has 5 nitrogen and oxygen atoms in total. The van der Waals surface area contributed by atoms with Crippen molar-refractivity contribution in [1.82, 2.24) is 4.90 Å². The quantitative estimate of drug-likeness (QED) is 0.781. The lowest BCUT2D eigenvalue weighted by atomic mass is 9.78. The van der Waals surface area contributed by atoms with Crippen LogP contribution < -0.4 is 11.5 Å². The highest BCUT2D eigenvalue weighted by atomic mass is 16.2. The van der Waals surface area contributed by atoms with Crippen LogP contribution >= 0.6 is 0 Å². The molecule has 0 radical (unpaired) electrons. The molecule has 0 spiro atoms. The fourth-order valence-electron chi connectivity index (χ4n) is 3.28. The highest BCUT2D eigenvalue weighted by molar-refractivity contribution is 5.90. The molecule has 0 aromatic heterocycles. The zero-order valence-electron chi connectivity index (χ0n) is 10.8. The van der Waals surface area contributed by atoms with Crippen LogP contribution in [0, 0.1) is 11.8 Å². The number of Topliss-reactive ketones (excluding diaryl/α,β-unsaturated/α-hetero) is 1. The first-order valence-corrected chi connectivity index (χ1v) is 6.93. The van der Waals surface area contributed by atoms with E-state index in [9.17, 15) is 9.59 Å². The Bertz CT molecular complexity index is 324. The van der Waals surface area contributed by atoms with Crippen molar-refractivity contribution in [2.24, 2.45) is 23.3 Å². The lowest BCUT2D eigenvalue weighted by Crippen LogP contribution is -2.46. The largest absolute Gasteiger partial charge is 0.351 e. The lowest BCUT2D eigenvalue weighted by molar-refractivity contribution is -0.127. The van der Waals surface area contributed by atoms with Crippen molar-refractivity contribution < 1.29 is 9.59 Å². The molecule has 18 heavy (non-hydrogen) atoms. The van der Waals surface area contributed by atoms with E-state index in [1.807, 2.05) is 0 Å². The van der Waals surface area contributed by atoms with Gasteiger partial charge in [0.2, 0.25) is 0 Å². The van der Waals surface area contributed by atoms with Crippen LogP contribution in [0.5, 0.6) is 0 Å². The summed E-state index contributed by atoms with van der Waals surface area (Å²) in [4.78, 5) is 25.2. The number of primary amides is 1. The summed E-state index contributed by atoms with van der Waals surface area (Å²) in [6.07, 6.45) is 5.58. The number of ketones is 1. The van der Waals surface area contributed by atoms with Gasteiger partial charge < -0.3 is 16.4 Å². The smallest absolute Gasteiger partial charge is 0.315 e. The van der Waals surface area contributed by atoms with Crippen LogP contribution in [0.4, 0.5) is 4.79 Å². The minimum Gasteiger partial charge on any atom is -0.351 e. The van der Waals surface area contributed by atoms with Crippen molar-refractivity contribution >= 4 is 11.8 Å². The molecule has 1 saturated carbocycles. The van der Waals surface area contributed by atoms with Gasteiger partial charge in [-0.1, -0.05) is 0 Å². The Morgan fingerprint density at radius 2 is 1.78 bits per heavy atom.